The zero-order valence-corrected chi connectivity index (χ0v) is 20.9. The first-order chi connectivity index (χ1) is 15.6. The summed E-state index contributed by atoms with van der Waals surface area (Å²) < 4.78 is 51.2. The molecule has 0 aromatic carbocycles. The van der Waals surface area contributed by atoms with Crippen LogP contribution in [0.5, 0.6) is 0 Å². The van der Waals surface area contributed by atoms with Gasteiger partial charge < -0.3 is 19.1 Å². The summed E-state index contributed by atoms with van der Waals surface area (Å²) in [6.45, 7) is 6.76. The first-order valence-electron chi connectivity index (χ1n) is 10.4. The van der Waals surface area contributed by atoms with Crippen LogP contribution in [0.4, 0.5) is 0 Å². The lowest BCUT2D eigenvalue weighted by molar-refractivity contribution is -0.130. The van der Waals surface area contributed by atoms with Crippen molar-refractivity contribution in [2.24, 2.45) is 5.92 Å². The average Bonchev–Trinajstić information content (AvgIpc) is 3.48. The number of hydrogen-bond donors (Lipinski definition) is 3. The van der Waals surface area contributed by atoms with Crippen molar-refractivity contribution in [2.45, 2.75) is 57.4 Å². The summed E-state index contributed by atoms with van der Waals surface area (Å²) in [6, 6.07) is 0. The second kappa shape index (κ2) is 11.9. The number of rotatable bonds is 10. The van der Waals surface area contributed by atoms with E-state index in [1.165, 1.54) is 20.2 Å². The van der Waals surface area contributed by atoms with Gasteiger partial charge in [-0.2, -0.15) is 0 Å². The van der Waals surface area contributed by atoms with Crippen LogP contribution in [-0.2, 0) is 32.5 Å². The minimum absolute atomic E-state index is 0.0618. The molecule has 1 aromatic rings. The molecule has 2 fully saturated rings. The van der Waals surface area contributed by atoms with Gasteiger partial charge in [0, 0.05) is 42.5 Å². The Balaban J connectivity index is 0.00000187. The highest BCUT2D eigenvalue weighted by Crippen LogP contribution is 2.57. The molecular formula is C18H31N2O11P2+. The summed E-state index contributed by atoms with van der Waals surface area (Å²) in [7, 11) is -4.95. The summed E-state index contributed by atoms with van der Waals surface area (Å²) in [5, 5.41) is 8.72. The van der Waals surface area contributed by atoms with Crippen LogP contribution in [0.3, 0.4) is 0 Å². The molecule has 13 nitrogen and oxygen atoms in total. The van der Waals surface area contributed by atoms with E-state index in [0.717, 1.165) is 11.2 Å². The average molecular weight is 513 g/mol. The van der Waals surface area contributed by atoms with Crippen LogP contribution < -0.4 is 11.2 Å². The summed E-state index contributed by atoms with van der Waals surface area (Å²) in [6.07, 6.45) is -2.51. The summed E-state index contributed by atoms with van der Waals surface area (Å²) in [5.74, 6) is -0.439. The fourth-order valence-electron chi connectivity index (χ4n) is 3.66. The Hall–Kier alpha value is -1.27. The Kier molecular flexibility index (Phi) is 10.1. The minimum Gasteiger partial charge on any atom is -0.382 e. The van der Waals surface area contributed by atoms with Crippen LogP contribution in [-0.4, -0.2) is 70.7 Å². The highest BCUT2D eigenvalue weighted by Gasteiger charge is 2.65. The number of aromatic nitrogens is 2. The number of H-pyrrole nitrogens is 1. The first-order valence-corrected chi connectivity index (χ1v) is 13.7. The fraction of sp³-hybridized carbons (Fsp3) is 0.778. The van der Waals surface area contributed by atoms with E-state index in [4.69, 9.17) is 24.0 Å². The van der Waals surface area contributed by atoms with Crippen LogP contribution in [0.25, 0.3) is 0 Å². The molecule has 0 amide bonds. The van der Waals surface area contributed by atoms with E-state index in [2.05, 4.69) is 9.66 Å². The molecule has 2 heterocycles. The molecule has 1 aliphatic heterocycles. The van der Waals surface area contributed by atoms with Crippen molar-refractivity contribution < 1.29 is 42.7 Å². The van der Waals surface area contributed by atoms with Crippen molar-refractivity contribution >= 4 is 15.6 Å². The smallest absolute Gasteiger partial charge is 0.382 e. The molecule has 188 valence electrons. The standard InChI is InChI=1S/C16H24N2O11P2.C2H6/c1-8-7-18(16(20)17-14(8)19)15-13(26-5-4-25-2)12(28-31(3,23)24)11(27-15)9-6-10(9)30(22)29-21;1-2/h7,9-13,15H,4-6H2,1-3H3,(H2-,17,19,20,21,23,24);1-2H3/p+1. The summed E-state index contributed by atoms with van der Waals surface area (Å²) in [4.78, 5) is 36.3. The van der Waals surface area contributed by atoms with Gasteiger partial charge in [-0.15, -0.1) is 0 Å². The van der Waals surface area contributed by atoms with Gasteiger partial charge >= 0.3 is 21.3 Å². The van der Waals surface area contributed by atoms with Crippen LogP contribution in [0.2, 0.25) is 0 Å². The van der Waals surface area contributed by atoms with Crippen molar-refractivity contribution in [3.63, 3.8) is 0 Å². The largest absolute Gasteiger partial charge is 0.542 e. The minimum atomic E-state index is -4.03. The van der Waals surface area contributed by atoms with Crippen LogP contribution >= 0.6 is 15.6 Å². The van der Waals surface area contributed by atoms with Crippen molar-refractivity contribution in [3.05, 3.63) is 32.6 Å². The maximum Gasteiger partial charge on any atom is 0.542 e. The van der Waals surface area contributed by atoms with Gasteiger partial charge in [-0.3, -0.25) is 23.4 Å². The van der Waals surface area contributed by atoms with Gasteiger partial charge in [-0.1, -0.05) is 13.8 Å². The van der Waals surface area contributed by atoms with Crippen molar-refractivity contribution in [3.8, 4) is 0 Å². The maximum absolute atomic E-state index is 12.5. The van der Waals surface area contributed by atoms with Gasteiger partial charge in [0.1, 0.15) is 12.2 Å². The molecule has 0 bridgehead atoms. The molecule has 8 unspecified atom stereocenters. The van der Waals surface area contributed by atoms with Crippen molar-refractivity contribution in [1.29, 1.82) is 0 Å². The fourth-order valence-corrected chi connectivity index (χ4v) is 5.37. The van der Waals surface area contributed by atoms with E-state index in [0.29, 0.717) is 6.42 Å². The lowest BCUT2D eigenvalue weighted by atomic mass is 10.1. The monoisotopic (exact) mass is 513 g/mol. The third kappa shape index (κ3) is 6.88. The third-order valence-corrected chi connectivity index (χ3v) is 7.07. The molecule has 0 radical (unpaired) electrons. The SMILES string of the molecule is CC.COCCOC1C(OP(C)(=O)O)C(C2CC2[P+](=O)OO)OC1n1cc(C)c(=O)[nH]c1=O. The van der Waals surface area contributed by atoms with Gasteiger partial charge in [-0.05, 0) is 11.5 Å². The number of hydrogen-bond acceptors (Lipinski definition) is 10. The molecule has 1 aliphatic carbocycles. The summed E-state index contributed by atoms with van der Waals surface area (Å²) >= 11 is 0. The van der Waals surface area contributed by atoms with Crippen LogP contribution in [0, 0.1) is 12.8 Å². The van der Waals surface area contributed by atoms with E-state index in [-0.39, 0.29) is 18.8 Å². The number of nitrogens with zero attached hydrogens (tertiary/aromatic N) is 1. The predicted molar refractivity (Wildman–Crippen MR) is 117 cm³/mol. The second-order valence-corrected chi connectivity index (χ2v) is 10.7. The number of nitrogens with one attached hydrogen (secondary N) is 1. The van der Waals surface area contributed by atoms with E-state index in [9.17, 15) is 23.6 Å². The zero-order valence-electron chi connectivity index (χ0n) is 19.1. The molecule has 1 saturated carbocycles. The molecule has 8 atom stereocenters. The van der Waals surface area contributed by atoms with Gasteiger partial charge in [0.15, 0.2) is 11.9 Å². The second-order valence-electron chi connectivity index (χ2n) is 7.51. The topological polar surface area (TPSA) is 176 Å². The molecule has 1 saturated heterocycles. The van der Waals surface area contributed by atoms with E-state index < -0.39 is 63.0 Å². The normalized spacial score (nSPS) is 30.8. The Bertz CT molecular complexity index is 975. The zero-order chi connectivity index (χ0) is 24.9. The number of aryl methyl sites for hydroxylation is 1. The molecule has 33 heavy (non-hydrogen) atoms. The highest BCUT2D eigenvalue weighted by atomic mass is 31.2. The lowest BCUT2D eigenvalue weighted by Gasteiger charge is -2.26. The molecule has 0 spiro atoms. The highest BCUT2D eigenvalue weighted by molar-refractivity contribution is 7.51. The number of methoxy groups -OCH3 is 1. The first kappa shape index (κ1) is 28.0. The van der Waals surface area contributed by atoms with Gasteiger partial charge in [-0.25, -0.2) is 10.1 Å². The number of ether oxygens (including phenoxy) is 3. The van der Waals surface area contributed by atoms with E-state index in [1.54, 1.807) is 0 Å². The Morgan fingerprint density at radius 2 is 1.97 bits per heavy atom. The van der Waals surface area contributed by atoms with Gasteiger partial charge in [0.05, 0.1) is 19.3 Å². The Morgan fingerprint density at radius 1 is 1.30 bits per heavy atom. The lowest BCUT2D eigenvalue weighted by Crippen LogP contribution is -2.41. The van der Waals surface area contributed by atoms with Crippen molar-refractivity contribution in [2.75, 3.05) is 27.0 Å². The Labute approximate surface area is 191 Å². The van der Waals surface area contributed by atoms with Gasteiger partial charge in [0.25, 0.3) is 5.56 Å². The molecule has 3 N–H and O–H groups in total. The Morgan fingerprint density at radius 3 is 2.55 bits per heavy atom. The third-order valence-electron chi connectivity index (χ3n) is 5.14. The van der Waals surface area contributed by atoms with E-state index >= 15 is 0 Å². The molecule has 15 heteroatoms. The molecule has 3 rings (SSSR count). The molecule has 1 aromatic heterocycles. The molecular weight excluding hydrogens is 482 g/mol. The van der Waals surface area contributed by atoms with Crippen molar-refractivity contribution in [1.82, 2.24) is 9.55 Å². The molecule has 2 aliphatic rings. The van der Waals surface area contributed by atoms with E-state index in [1.807, 2.05) is 13.8 Å². The predicted octanol–water partition coefficient (Wildman–Crippen LogP) is 1.62. The summed E-state index contributed by atoms with van der Waals surface area (Å²) in [5.41, 5.74) is -1.64. The van der Waals surface area contributed by atoms with Crippen LogP contribution in [0.15, 0.2) is 15.8 Å². The van der Waals surface area contributed by atoms with Crippen LogP contribution in [0.1, 0.15) is 32.1 Å². The number of aromatic amines is 1. The quantitative estimate of drug-likeness (QED) is 0.179. The van der Waals surface area contributed by atoms with Gasteiger partial charge in [0.2, 0.25) is 0 Å². The maximum atomic E-state index is 12.5.